The molecule has 0 bridgehead atoms. The third-order valence-corrected chi connectivity index (χ3v) is 2.84. The standard InChI is InChI=1S/C11H14N4O2S/c1-3-16-7-9-14-8(12-2)6-10(15-9)18-11-13-4-5-17-11/h4-6H,3,7H2,1-2H3,(H,12,14,15). The van der Waals surface area contributed by atoms with Crippen molar-refractivity contribution in [2.24, 2.45) is 0 Å². The van der Waals surface area contributed by atoms with Gasteiger partial charge in [0.25, 0.3) is 5.22 Å². The summed E-state index contributed by atoms with van der Waals surface area (Å²) in [7, 11) is 1.81. The lowest BCUT2D eigenvalue weighted by molar-refractivity contribution is 0.128. The first-order chi connectivity index (χ1) is 8.81. The normalized spacial score (nSPS) is 10.6. The maximum Gasteiger partial charge on any atom is 0.261 e. The van der Waals surface area contributed by atoms with Gasteiger partial charge in [-0.2, -0.15) is 0 Å². The molecule has 2 rings (SSSR count). The summed E-state index contributed by atoms with van der Waals surface area (Å²) in [6.45, 7) is 2.96. The van der Waals surface area contributed by atoms with Gasteiger partial charge in [-0.1, -0.05) is 0 Å². The highest BCUT2D eigenvalue weighted by Crippen LogP contribution is 2.25. The molecular weight excluding hydrogens is 252 g/mol. The molecule has 2 aromatic heterocycles. The molecule has 0 saturated heterocycles. The number of nitrogens with one attached hydrogen (secondary N) is 1. The van der Waals surface area contributed by atoms with Crippen LogP contribution in [0.2, 0.25) is 0 Å². The molecular formula is C11H14N4O2S. The van der Waals surface area contributed by atoms with Crippen LogP contribution < -0.4 is 5.32 Å². The molecule has 0 aliphatic heterocycles. The fourth-order valence-corrected chi connectivity index (χ4v) is 1.98. The van der Waals surface area contributed by atoms with E-state index in [1.807, 2.05) is 20.0 Å². The molecule has 0 amide bonds. The summed E-state index contributed by atoms with van der Waals surface area (Å²) < 4.78 is 10.5. The van der Waals surface area contributed by atoms with E-state index in [1.54, 1.807) is 6.20 Å². The van der Waals surface area contributed by atoms with Gasteiger partial charge in [0.2, 0.25) is 0 Å². The minimum Gasteiger partial charge on any atom is -0.440 e. The summed E-state index contributed by atoms with van der Waals surface area (Å²) in [5, 5.41) is 4.32. The van der Waals surface area contributed by atoms with Crippen molar-refractivity contribution in [3.8, 4) is 0 Å². The Labute approximate surface area is 109 Å². The van der Waals surface area contributed by atoms with Crippen molar-refractivity contribution < 1.29 is 9.15 Å². The van der Waals surface area contributed by atoms with E-state index in [0.717, 1.165) is 10.8 Å². The molecule has 0 saturated carbocycles. The monoisotopic (exact) mass is 266 g/mol. The minimum atomic E-state index is 0.394. The Morgan fingerprint density at radius 1 is 1.44 bits per heavy atom. The summed E-state index contributed by atoms with van der Waals surface area (Å²) in [4.78, 5) is 12.7. The Bertz CT molecular complexity index is 490. The Kier molecular flexibility index (Phi) is 4.54. The number of ether oxygens (including phenoxy) is 1. The number of hydrogen-bond donors (Lipinski definition) is 1. The fraction of sp³-hybridized carbons (Fsp3) is 0.364. The molecule has 2 aromatic rings. The van der Waals surface area contributed by atoms with Crippen LogP contribution in [0.3, 0.4) is 0 Å². The molecule has 1 N–H and O–H groups in total. The van der Waals surface area contributed by atoms with Crippen molar-refractivity contribution in [2.75, 3.05) is 19.0 Å². The van der Waals surface area contributed by atoms with Gasteiger partial charge in [0, 0.05) is 19.7 Å². The molecule has 0 fully saturated rings. The molecule has 7 heteroatoms. The van der Waals surface area contributed by atoms with Gasteiger partial charge in [-0.15, -0.1) is 0 Å². The van der Waals surface area contributed by atoms with E-state index >= 15 is 0 Å². The summed E-state index contributed by atoms with van der Waals surface area (Å²) >= 11 is 1.35. The maximum atomic E-state index is 5.31. The number of oxazole rings is 1. The first kappa shape index (κ1) is 12.8. The molecule has 0 spiro atoms. The van der Waals surface area contributed by atoms with Crippen molar-refractivity contribution in [3.05, 3.63) is 24.4 Å². The zero-order valence-electron chi connectivity index (χ0n) is 10.2. The smallest absolute Gasteiger partial charge is 0.261 e. The third-order valence-electron chi connectivity index (χ3n) is 2.04. The summed E-state index contributed by atoms with van der Waals surface area (Å²) in [6, 6.07) is 1.84. The highest BCUT2D eigenvalue weighted by atomic mass is 32.2. The molecule has 0 atom stereocenters. The first-order valence-electron chi connectivity index (χ1n) is 5.52. The number of anilines is 1. The van der Waals surface area contributed by atoms with Gasteiger partial charge < -0.3 is 14.5 Å². The second-order valence-electron chi connectivity index (χ2n) is 3.29. The van der Waals surface area contributed by atoms with E-state index in [-0.39, 0.29) is 0 Å². The van der Waals surface area contributed by atoms with E-state index in [9.17, 15) is 0 Å². The minimum absolute atomic E-state index is 0.394. The lowest BCUT2D eigenvalue weighted by atomic mass is 10.5. The van der Waals surface area contributed by atoms with Crippen molar-refractivity contribution in [1.29, 1.82) is 0 Å². The molecule has 96 valence electrons. The van der Waals surface area contributed by atoms with Crippen LogP contribution in [-0.2, 0) is 11.3 Å². The van der Waals surface area contributed by atoms with Gasteiger partial charge in [0.1, 0.15) is 23.7 Å². The van der Waals surface area contributed by atoms with Crippen LogP contribution in [0.4, 0.5) is 5.82 Å². The first-order valence-corrected chi connectivity index (χ1v) is 6.34. The van der Waals surface area contributed by atoms with Gasteiger partial charge in [0.15, 0.2) is 5.82 Å². The largest absolute Gasteiger partial charge is 0.440 e. The van der Waals surface area contributed by atoms with E-state index in [2.05, 4.69) is 20.3 Å². The lowest BCUT2D eigenvalue weighted by Gasteiger charge is -2.06. The van der Waals surface area contributed by atoms with Crippen LogP contribution in [0, 0.1) is 0 Å². The molecule has 0 radical (unpaired) electrons. The van der Waals surface area contributed by atoms with Gasteiger partial charge in [-0.05, 0) is 18.7 Å². The number of hydrogen-bond acceptors (Lipinski definition) is 7. The predicted octanol–water partition coefficient (Wildman–Crippen LogP) is 2.19. The zero-order chi connectivity index (χ0) is 12.8. The van der Waals surface area contributed by atoms with Crippen LogP contribution >= 0.6 is 11.8 Å². The Balaban J connectivity index is 2.17. The van der Waals surface area contributed by atoms with Crippen LogP contribution in [0.1, 0.15) is 12.7 Å². The fourth-order valence-electron chi connectivity index (χ4n) is 1.26. The molecule has 0 aliphatic carbocycles. The lowest BCUT2D eigenvalue weighted by Crippen LogP contribution is -2.03. The van der Waals surface area contributed by atoms with E-state index in [1.165, 1.54) is 18.0 Å². The van der Waals surface area contributed by atoms with Crippen LogP contribution in [0.5, 0.6) is 0 Å². The van der Waals surface area contributed by atoms with Gasteiger partial charge in [-0.25, -0.2) is 15.0 Å². The summed E-state index contributed by atoms with van der Waals surface area (Å²) in [5.41, 5.74) is 0. The van der Waals surface area contributed by atoms with E-state index in [0.29, 0.717) is 24.3 Å². The average molecular weight is 266 g/mol. The van der Waals surface area contributed by atoms with Crippen molar-refractivity contribution in [2.45, 2.75) is 23.8 Å². The molecule has 0 aliphatic rings. The Hall–Kier alpha value is -1.60. The number of aromatic nitrogens is 3. The van der Waals surface area contributed by atoms with Crippen molar-refractivity contribution in [3.63, 3.8) is 0 Å². The van der Waals surface area contributed by atoms with Crippen molar-refractivity contribution >= 4 is 17.6 Å². The quantitative estimate of drug-likeness (QED) is 0.803. The number of rotatable bonds is 6. The molecule has 2 heterocycles. The molecule has 0 aromatic carbocycles. The number of nitrogens with zero attached hydrogens (tertiary/aromatic N) is 3. The van der Waals surface area contributed by atoms with Gasteiger partial charge in [-0.3, -0.25) is 0 Å². The highest BCUT2D eigenvalue weighted by Gasteiger charge is 2.08. The second-order valence-corrected chi connectivity index (χ2v) is 4.27. The van der Waals surface area contributed by atoms with Gasteiger partial charge >= 0.3 is 0 Å². The summed E-state index contributed by atoms with van der Waals surface area (Å²) in [6.07, 6.45) is 3.13. The van der Waals surface area contributed by atoms with Crippen molar-refractivity contribution in [1.82, 2.24) is 15.0 Å². The predicted molar refractivity (Wildman–Crippen MR) is 67.5 cm³/mol. The topological polar surface area (TPSA) is 73.1 Å². The third kappa shape index (κ3) is 3.44. The zero-order valence-corrected chi connectivity index (χ0v) is 11.0. The van der Waals surface area contributed by atoms with E-state index < -0.39 is 0 Å². The van der Waals surface area contributed by atoms with Crippen LogP contribution in [0.25, 0.3) is 0 Å². The SMILES string of the molecule is CCOCc1nc(NC)cc(Sc2ncco2)n1. The van der Waals surface area contributed by atoms with Crippen LogP contribution in [0.15, 0.2) is 33.2 Å². The highest BCUT2D eigenvalue weighted by molar-refractivity contribution is 7.99. The molecule has 0 unspecified atom stereocenters. The second kappa shape index (κ2) is 6.36. The van der Waals surface area contributed by atoms with E-state index in [4.69, 9.17) is 9.15 Å². The molecule has 18 heavy (non-hydrogen) atoms. The summed E-state index contributed by atoms with van der Waals surface area (Å²) in [5.74, 6) is 1.38. The Morgan fingerprint density at radius 3 is 3.00 bits per heavy atom. The molecule has 6 nitrogen and oxygen atoms in total. The van der Waals surface area contributed by atoms with Gasteiger partial charge in [0.05, 0.1) is 6.20 Å². The van der Waals surface area contributed by atoms with Crippen LogP contribution in [-0.4, -0.2) is 28.6 Å². The average Bonchev–Trinajstić information content (AvgIpc) is 2.89. The maximum absolute atomic E-state index is 5.31. The Morgan fingerprint density at radius 2 is 2.33 bits per heavy atom.